The zero-order chi connectivity index (χ0) is 14.9. The van der Waals surface area contributed by atoms with Gasteiger partial charge in [-0.15, -0.1) is 0 Å². The first-order valence-corrected chi connectivity index (χ1v) is 7.10. The number of aromatic nitrogens is 1. The van der Waals surface area contributed by atoms with Gasteiger partial charge in [0.05, 0.1) is 0 Å². The van der Waals surface area contributed by atoms with Gasteiger partial charge in [-0.3, -0.25) is 0 Å². The van der Waals surface area contributed by atoms with Crippen LogP contribution in [0.2, 0.25) is 0 Å². The lowest BCUT2D eigenvalue weighted by atomic mass is 9.84. The molecule has 0 saturated carbocycles. The van der Waals surface area contributed by atoms with Crippen molar-refractivity contribution in [1.82, 2.24) is 4.98 Å². The van der Waals surface area contributed by atoms with E-state index in [0.29, 0.717) is 0 Å². The molecule has 2 aromatic rings. The molecular weight excluding hydrogens is 258 g/mol. The number of hydrogen-bond acceptors (Lipinski definition) is 3. The van der Waals surface area contributed by atoms with E-state index in [1.165, 1.54) is 16.9 Å². The third-order valence-electron chi connectivity index (χ3n) is 4.03. The van der Waals surface area contributed by atoms with E-state index in [2.05, 4.69) is 66.1 Å². The lowest BCUT2D eigenvalue weighted by Gasteiger charge is -2.23. The van der Waals surface area contributed by atoms with Crippen molar-refractivity contribution in [3.8, 4) is 0 Å². The number of anilines is 1. The van der Waals surface area contributed by atoms with Gasteiger partial charge in [-0.2, -0.15) is 0 Å². The van der Waals surface area contributed by atoms with E-state index in [1.54, 1.807) is 6.20 Å². The molecule has 21 heavy (non-hydrogen) atoms. The third-order valence-corrected chi connectivity index (χ3v) is 4.03. The summed E-state index contributed by atoms with van der Waals surface area (Å²) in [5.41, 5.74) is 3.84. The Balaban J connectivity index is 1.93. The molecule has 0 fully saturated rings. The number of benzene rings is 1. The molecule has 1 aliphatic rings. The van der Waals surface area contributed by atoms with E-state index in [1.807, 2.05) is 24.4 Å². The van der Waals surface area contributed by atoms with E-state index >= 15 is 0 Å². The number of rotatable bonds is 2. The average molecular weight is 277 g/mol. The highest BCUT2D eigenvalue weighted by Gasteiger charge is 2.37. The van der Waals surface area contributed by atoms with Gasteiger partial charge < -0.3 is 4.90 Å². The van der Waals surface area contributed by atoms with Crippen molar-refractivity contribution in [2.45, 2.75) is 19.3 Å². The SMILES string of the molecule is CN1/C(=C/C=Nc2ccccn2)C(C)(C)c2ccccc21. The molecule has 0 unspecified atom stereocenters. The van der Waals surface area contributed by atoms with Crippen LogP contribution >= 0.6 is 0 Å². The molecule has 106 valence electrons. The Morgan fingerprint density at radius 2 is 1.86 bits per heavy atom. The number of nitrogens with zero attached hydrogens (tertiary/aromatic N) is 3. The summed E-state index contributed by atoms with van der Waals surface area (Å²) in [6, 6.07) is 14.3. The maximum atomic E-state index is 4.39. The standard InChI is InChI=1S/C18H19N3/c1-18(2)14-8-4-5-9-15(14)21(3)16(18)11-13-20-17-10-6-7-12-19-17/h4-13H,1-3H3/b16-11+,20-13?. The fourth-order valence-electron chi connectivity index (χ4n) is 2.92. The predicted molar refractivity (Wildman–Crippen MR) is 88.3 cm³/mol. The molecule has 3 rings (SSSR count). The zero-order valence-electron chi connectivity index (χ0n) is 12.6. The zero-order valence-corrected chi connectivity index (χ0v) is 12.6. The number of aliphatic imine (C=N–C) groups is 1. The Morgan fingerprint density at radius 3 is 2.57 bits per heavy atom. The van der Waals surface area contributed by atoms with Crippen molar-refractivity contribution in [2.24, 2.45) is 4.99 Å². The van der Waals surface area contributed by atoms with Crippen molar-refractivity contribution in [1.29, 1.82) is 0 Å². The van der Waals surface area contributed by atoms with Crippen LogP contribution in [-0.4, -0.2) is 18.2 Å². The Kier molecular flexibility index (Phi) is 3.34. The molecule has 3 nitrogen and oxygen atoms in total. The van der Waals surface area contributed by atoms with E-state index < -0.39 is 0 Å². The summed E-state index contributed by atoms with van der Waals surface area (Å²) in [5, 5.41) is 0. The van der Waals surface area contributed by atoms with E-state index in [9.17, 15) is 0 Å². The number of pyridine rings is 1. The highest BCUT2D eigenvalue weighted by Crippen LogP contribution is 2.46. The van der Waals surface area contributed by atoms with Crippen LogP contribution in [0.4, 0.5) is 11.5 Å². The number of hydrogen-bond donors (Lipinski definition) is 0. The van der Waals surface area contributed by atoms with Gasteiger partial charge in [0.15, 0.2) is 5.82 Å². The van der Waals surface area contributed by atoms with Gasteiger partial charge in [0.1, 0.15) is 0 Å². The fourth-order valence-corrected chi connectivity index (χ4v) is 2.92. The van der Waals surface area contributed by atoms with Crippen LogP contribution < -0.4 is 4.90 Å². The summed E-state index contributed by atoms with van der Waals surface area (Å²) in [4.78, 5) is 10.8. The second kappa shape index (κ2) is 5.17. The first-order valence-electron chi connectivity index (χ1n) is 7.10. The molecule has 0 atom stereocenters. The molecule has 1 aliphatic heterocycles. The van der Waals surface area contributed by atoms with Gasteiger partial charge in [-0.1, -0.05) is 38.1 Å². The third kappa shape index (κ3) is 2.35. The largest absolute Gasteiger partial charge is 0.347 e. The molecule has 0 radical (unpaired) electrons. The highest BCUT2D eigenvalue weighted by atomic mass is 15.2. The maximum Gasteiger partial charge on any atom is 0.151 e. The number of allylic oxidation sites excluding steroid dienone is 2. The van der Waals surface area contributed by atoms with Gasteiger partial charge in [-0.05, 0) is 29.8 Å². The van der Waals surface area contributed by atoms with Crippen molar-refractivity contribution in [2.75, 3.05) is 11.9 Å². The van der Waals surface area contributed by atoms with Gasteiger partial charge in [0.25, 0.3) is 0 Å². The first-order chi connectivity index (χ1) is 10.1. The summed E-state index contributed by atoms with van der Waals surface area (Å²) in [7, 11) is 2.11. The molecule has 1 aromatic carbocycles. The number of likely N-dealkylation sites (N-methyl/N-ethyl adjacent to an activating group) is 1. The molecule has 1 aromatic heterocycles. The number of fused-ring (bicyclic) bond motifs is 1. The predicted octanol–water partition coefficient (Wildman–Crippen LogP) is 4.10. The van der Waals surface area contributed by atoms with Crippen molar-refractivity contribution in [3.63, 3.8) is 0 Å². The topological polar surface area (TPSA) is 28.5 Å². The Morgan fingerprint density at radius 1 is 1.10 bits per heavy atom. The monoisotopic (exact) mass is 277 g/mol. The molecule has 2 heterocycles. The molecule has 0 bridgehead atoms. The average Bonchev–Trinajstić information content (AvgIpc) is 2.70. The van der Waals surface area contributed by atoms with Gasteiger partial charge in [0, 0.05) is 36.3 Å². The molecular formula is C18H19N3. The van der Waals surface area contributed by atoms with Crippen LogP contribution in [0.5, 0.6) is 0 Å². The lowest BCUT2D eigenvalue weighted by molar-refractivity contribution is 0.641. The Labute approximate surface area is 125 Å². The summed E-state index contributed by atoms with van der Waals surface area (Å²) < 4.78 is 0. The van der Waals surface area contributed by atoms with Crippen LogP contribution in [-0.2, 0) is 5.41 Å². The minimum atomic E-state index is -0.0124. The Hall–Kier alpha value is -2.42. The van der Waals surface area contributed by atoms with E-state index in [-0.39, 0.29) is 5.41 Å². The molecule has 0 spiro atoms. The Bertz CT molecular complexity index is 699. The molecule has 3 heteroatoms. The molecule has 0 aliphatic carbocycles. The van der Waals surface area contributed by atoms with E-state index in [4.69, 9.17) is 0 Å². The second-order valence-corrected chi connectivity index (χ2v) is 5.72. The van der Waals surface area contributed by atoms with Crippen molar-refractivity contribution >= 4 is 17.7 Å². The van der Waals surface area contributed by atoms with Crippen LogP contribution in [0.3, 0.4) is 0 Å². The van der Waals surface area contributed by atoms with Crippen molar-refractivity contribution in [3.05, 3.63) is 66.0 Å². The summed E-state index contributed by atoms with van der Waals surface area (Å²) in [6.07, 6.45) is 5.66. The maximum absolute atomic E-state index is 4.39. The first kappa shape index (κ1) is 13.6. The lowest BCUT2D eigenvalue weighted by Crippen LogP contribution is -2.23. The minimum Gasteiger partial charge on any atom is -0.347 e. The quantitative estimate of drug-likeness (QED) is 0.773. The van der Waals surface area contributed by atoms with Gasteiger partial charge in [-0.25, -0.2) is 9.98 Å². The minimum absolute atomic E-state index is 0.0124. The summed E-state index contributed by atoms with van der Waals surface area (Å²) >= 11 is 0. The molecule has 0 saturated heterocycles. The van der Waals surface area contributed by atoms with Gasteiger partial charge >= 0.3 is 0 Å². The summed E-state index contributed by atoms with van der Waals surface area (Å²) in [6.45, 7) is 4.49. The fraction of sp³-hybridized carbons (Fsp3) is 0.222. The van der Waals surface area contributed by atoms with Crippen molar-refractivity contribution < 1.29 is 0 Å². The molecule has 0 amide bonds. The van der Waals surface area contributed by atoms with Gasteiger partial charge in [0.2, 0.25) is 0 Å². The van der Waals surface area contributed by atoms with E-state index in [0.717, 1.165) is 5.82 Å². The normalized spacial score (nSPS) is 18.4. The van der Waals surface area contributed by atoms with Crippen LogP contribution in [0.15, 0.2) is 65.4 Å². The van der Waals surface area contributed by atoms with Crippen LogP contribution in [0, 0.1) is 0 Å². The van der Waals surface area contributed by atoms with Crippen LogP contribution in [0.25, 0.3) is 0 Å². The molecule has 0 N–H and O–H groups in total. The summed E-state index contributed by atoms with van der Waals surface area (Å²) in [5.74, 6) is 0.727. The van der Waals surface area contributed by atoms with Crippen LogP contribution in [0.1, 0.15) is 19.4 Å². The smallest absolute Gasteiger partial charge is 0.151 e. The number of para-hydroxylation sites is 1. The second-order valence-electron chi connectivity index (χ2n) is 5.72. The highest BCUT2D eigenvalue weighted by molar-refractivity contribution is 5.80.